The van der Waals surface area contributed by atoms with E-state index in [1.165, 1.54) is 33.4 Å². The van der Waals surface area contributed by atoms with Gasteiger partial charge in [-0.1, -0.05) is 54.1 Å². The van der Waals surface area contributed by atoms with Crippen molar-refractivity contribution in [2.75, 3.05) is 19.6 Å². The Morgan fingerprint density at radius 1 is 1.14 bits per heavy atom. The first-order valence-corrected chi connectivity index (χ1v) is 10.5. The number of likely N-dealkylation sites (tertiary alicyclic amines) is 1. The van der Waals surface area contributed by atoms with Crippen LogP contribution < -0.4 is 0 Å². The zero-order chi connectivity index (χ0) is 19.5. The Hall–Kier alpha value is -2.39. The van der Waals surface area contributed by atoms with Gasteiger partial charge in [0.15, 0.2) is 0 Å². The monoisotopic (exact) mass is 375 g/mol. The summed E-state index contributed by atoms with van der Waals surface area (Å²) in [6.45, 7) is 4.79. The summed E-state index contributed by atoms with van der Waals surface area (Å²) in [6, 6.07) is 15.6. The van der Waals surface area contributed by atoms with Gasteiger partial charge in [0.2, 0.25) is 0 Å². The molecule has 2 aliphatic rings. The predicted octanol–water partition coefficient (Wildman–Crippen LogP) is 4.71. The highest BCUT2D eigenvalue weighted by Gasteiger charge is 2.25. The molecule has 2 aromatic rings. The molecule has 0 amide bonds. The van der Waals surface area contributed by atoms with Gasteiger partial charge in [-0.2, -0.15) is 0 Å². The van der Waals surface area contributed by atoms with Crippen LogP contribution in [0.5, 0.6) is 0 Å². The van der Waals surface area contributed by atoms with E-state index in [0.29, 0.717) is 6.54 Å². The summed E-state index contributed by atoms with van der Waals surface area (Å²) >= 11 is 0. The summed E-state index contributed by atoms with van der Waals surface area (Å²) in [5.74, 6) is -0.853. The first-order valence-electron chi connectivity index (χ1n) is 10.5. The van der Waals surface area contributed by atoms with E-state index >= 15 is 0 Å². The largest absolute Gasteiger partial charge is 0.481 e. The lowest BCUT2D eigenvalue weighted by Gasteiger charge is -2.30. The van der Waals surface area contributed by atoms with Crippen molar-refractivity contribution in [1.29, 1.82) is 0 Å². The fourth-order valence-electron chi connectivity index (χ4n) is 4.65. The van der Waals surface area contributed by atoms with Crippen LogP contribution in [-0.4, -0.2) is 35.6 Å². The second-order valence-electron chi connectivity index (χ2n) is 8.20. The van der Waals surface area contributed by atoms with Gasteiger partial charge in [-0.3, -0.25) is 4.79 Å². The van der Waals surface area contributed by atoms with Crippen molar-refractivity contribution >= 4 is 11.5 Å². The fraction of sp³-hybridized carbons (Fsp3) is 0.400. The molecule has 3 nitrogen and oxygen atoms in total. The highest BCUT2D eigenvalue weighted by molar-refractivity contribution is 5.84. The number of rotatable bonds is 4. The lowest BCUT2D eigenvalue weighted by molar-refractivity contribution is -0.143. The van der Waals surface area contributed by atoms with Crippen molar-refractivity contribution < 1.29 is 9.90 Å². The van der Waals surface area contributed by atoms with Gasteiger partial charge in [-0.05, 0) is 73.4 Å². The molecular weight excluding hydrogens is 346 g/mol. The summed E-state index contributed by atoms with van der Waals surface area (Å²) in [5.41, 5.74) is 8.22. The molecule has 2 aromatic carbocycles. The average molecular weight is 376 g/mol. The molecule has 1 N–H and O–H groups in total. The van der Waals surface area contributed by atoms with Crippen LogP contribution in [0.25, 0.3) is 5.57 Å². The third-order valence-electron chi connectivity index (χ3n) is 6.18. The molecule has 1 fully saturated rings. The number of aryl methyl sites for hydroxylation is 3. The van der Waals surface area contributed by atoms with Crippen molar-refractivity contribution in [2.45, 2.75) is 39.0 Å². The van der Waals surface area contributed by atoms with Gasteiger partial charge in [0.1, 0.15) is 0 Å². The maximum atomic E-state index is 11.3. The van der Waals surface area contributed by atoms with Gasteiger partial charge in [0, 0.05) is 13.1 Å². The Kier molecular flexibility index (Phi) is 5.63. The van der Waals surface area contributed by atoms with Crippen LogP contribution in [0.4, 0.5) is 0 Å². The molecule has 4 rings (SSSR count). The van der Waals surface area contributed by atoms with Crippen LogP contribution in [0.1, 0.15) is 47.1 Å². The quantitative estimate of drug-likeness (QED) is 0.841. The number of piperidine rings is 1. The molecule has 0 aromatic heterocycles. The molecule has 1 saturated heterocycles. The molecule has 28 heavy (non-hydrogen) atoms. The van der Waals surface area contributed by atoms with Gasteiger partial charge in [-0.25, -0.2) is 0 Å². The first-order chi connectivity index (χ1) is 13.6. The fourth-order valence-corrected chi connectivity index (χ4v) is 4.65. The SMILES string of the molecule is Cc1ccc2c(c1)C(=CCCN1CCC[C@@H](C(=O)O)C1)c1ccccc1CC2. The van der Waals surface area contributed by atoms with E-state index in [1.807, 2.05) is 0 Å². The van der Waals surface area contributed by atoms with Crippen LogP contribution in [0.3, 0.4) is 0 Å². The van der Waals surface area contributed by atoms with Crippen LogP contribution >= 0.6 is 0 Å². The lowest BCUT2D eigenvalue weighted by atomic mass is 9.92. The van der Waals surface area contributed by atoms with E-state index in [1.54, 1.807) is 0 Å². The Morgan fingerprint density at radius 2 is 1.93 bits per heavy atom. The van der Waals surface area contributed by atoms with Crippen molar-refractivity contribution in [3.63, 3.8) is 0 Å². The number of fused-ring (bicyclic) bond motifs is 2. The van der Waals surface area contributed by atoms with Crippen LogP contribution in [0, 0.1) is 12.8 Å². The summed E-state index contributed by atoms with van der Waals surface area (Å²) in [6.07, 6.45) is 7.29. The number of benzene rings is 2. The molecule has 0 spiro atoms. The number of aliphatic carboxylic acids is 1. The highest BCUT2D eigenvalue weighted by Crippen LogP contribution is 2.34. The van der Waals surface area contributed by atoms with Crippen molar-refractivity contribution in [3.05, 3.63) is 76.4 Å². The number of carbonyl (C=O) groups is 1. The number of hydrogen-bond acceptors (Lipinski definition) is 2. The van der Waals surface area contributed by atoms with Gasteiger partial charge in [0.25, 0.3) is 0 Å². The smallest absolute Gasteiger partial charge is 0.307 e. The van der Waals surface area contributed by atoms with Crippen LogP contribution in [0.15, 0.2) is 48.5 Å². The molecule has 0 unspecified atom stereocenters. The summed E-state index contributed by atoms with van der Waals surface area (Å²) in [7, 11) is 0. The van der Waals surface area contributed by atoms with Crippen molar-refractivity contribution in [3.8, 4) is 0 Å². The Labute approximate surface area is 167 Å². The molecule has 146 valence electrons. The van der Waals surface area contributed by atoms with E-state index in [4.69, 9.17) is 0 Å². The predicted molar refractivity (Wildman–Crippen MR) is 114 cm³/mol. The van der Waals surface area contributed by atoms with Crippen molar-refractivity contribution in [2.24, 2.45) is 5.92 Å². The maximum absolute atomic E-state index is 11.3. The molecule has 1 aliphatic heterocycles. The minimum Gasteiger partial charge on any atom is -0.481 e. The first kappa shape index (κ1) is 18.9. The maximum Gasteiger partial charge on any atom is 0.307 e. The van der Waals surface area contributed by atoms with Gasteiger partial charge >= 0.3 is 5.97 Å². The van der Waals surface area contributed by atoms with E-state index in [9.17, 15) is 9.90 Å². The van der Waals surface area contributed by atoms with E-state index in [0.717, 1.165) is 45.2 Å². The number of hydrogen-bond donors (Lipinski definition) is 1. The summed E-state index contributed by atoms with van der Waals surface area (Å²) < 4.78 is 0. The second-order valence-corrected chi connectivity index (χ2v) is 8.20. The standard InChI is InChI=1S/C25H29NO2/c1-18-10-11-20-13-12-19-6-2-3-8-22(19)23(24(20)16-18)9-5-15-26-14-4-7-21(17-26)25(27)28/h2-3,6,8-11,16,21H,4-5,7,12-15,17H2,1H3,(H,27,28)/t21-/m1/s1. The van der Waals surface area contributed by atoms with E-state index in [-0.39, 0.29) is 5.92 Å². The third kappa shape index (κ3) is 4.05. The van der Waals surface area contributed by atoms with Gasteiger partial charge in [-0.15, -0.1) is 0 Å². The van der Waals surface area contributed by atoms with Gasteiger partial charge in [0.05, 0.1) is 5.92 Å². The van der Waals surface area contributed by atoms with Crippen LogP contribution in [0.2, 0.25) is 0 Å². The van der Waals surface area contributed by atoms with Crippen LogP contribution in [-0.2, 0) is 17.6 Å². The summed E-state index contributed by atoms with van der Waals surface area (Å²) in [5, 5.41) is 9.32. The molecule has 1 aliphatic carbocycles. The minimum atomic E-state index is -0.648. The molecule has 0 bridgehead atoms. The van der Waals surface area contributed by atoms with E-state index < -0.39 is 5.97 Å². The average Bonchev–Trinajstić information content (AvgIpc) is 2.85. The molecular formula is C25H29NO2. The zero-order valence-electron chi connectivity index (χ0n) is 16.7. The lowest BCUT2D eigenvalue weighted by Crippen LogP contribution is -2.39. The minimum absolute atomic E-state index is 0.205. The van der Waals surface area contributed by atoms with E-state index in [2.05, 4.69) is 60.4 Å². The molecule has 0 saturated carbocycles. The third-order valence-corrected chi connectivity index (χ3v) is 6.18. The zero-order valence-corrected chi connectivity index (χ0v) is 16.7. The highest BCUT2D eigenvalue weighted by atomic mass is 16.4. The molecule has 1 heterocycles. The Bertz CT molecular complexity index is 899. The van der Waals surface area contributed by atoms with Gasteiger partial charge < -0.3 is 10.0 Å². The summed E-state index contributed by atoms with van der Waals surface area (Å²) in [4.78, 5) is 13.6. The van der Waals surface area contributed by atoms with Crippen molar-refractivity contribution in [1.82, 2.24) is 4.90 Å². The molecule has 0 radical (unpaired) electrons. The number of carboxylic acid groups (broad SMARTS) is 1. The number of nitrogens with zero attached hydrogens (tertiary/aromatic N) is 1. The number of carboxylic acids is 1. The molecule has 1 atom stereocenters. The second kappa shape index (κ2) is 8.32. The topological polar surface area (TPSA) is 40.5 Å². The normalized spacial score (nSPS) is 21.0. The molecule has 3 heteroatoms. The Morgan fingerprint density at radius 3 is 2.75 bits per heavy atom. The Balaban J connectivity index is 1.59.